The van der Waals surface area contributed by atoms with Crippen LogP contribution in [0.2, 0.25) is 0 Å². The van der Waals surface area contributed by atoms with Gasteiger partial charge in [0.2, 0.25) is 0 Å². The van der Waals surface area contributed by atoms with E-state index in [1.54, 1.807) is 0 Å². The van der Waals surface area contributed by atoms with Crippen molar-refractivity contribution < 1.29 is 9.66 Å². The molecule has 20 heavy (non-hydrogen) atoms. The molecule has 0 amide bonds. The maximum atomic E-state index is 12.1. The van der Waals surface area contributed by atoms with Gasteiger partial charge < -0.3 is 15.0 Å². The predicted molar refractivity (Wildman–Crippen MR) is 85.6 cm³/mol. The van der Waals surface area contributed by atoms with Crippen LogP contribution in [0.1, 0.15) is 38.1 Å². The monoisotopic (exact) mass is 363 g/mol. The first kappa shape index (κ1) is 17.9. The zero-order valence-electron chi connectivity index (χ0n) is 12.2. The molecule has 1 aromatic heterocycles. The number of pyridine rings is 1. The van der Waals surface area contributed by atoms with Gasteiger partial charge in [0.25, 0.3) is 0 Å². The molecule has 1 unspecified atom stereocenters. The van der Waals surface area contributed by atoms with Gasteiger partial charge >= 0.3 is 0 Å². The molecule has 0 bridgehead atoms. The van der Waals surface area contributed by atoms with Gasteiger partial charge in [0.05, 0.1) is 12.3 Å². The van der Waals surface area contributed by atoms with E-state index in [1.165, 1.54) is 0 Å². The highest BCUT2D eigenvalue weighted by Gasteiger charge is 2.30. The Hall–Kier alpha value is -0.180. The minimum Gasteiger partial charge on any atom is -0.598 e. The number of halogens is 1. The van der Waals surface area contributed by atoms with Crippen LogP contribution in [0.25, 0.3) is 0 Å². The molecule has 0 saturated carbocycles. The van der Waals surface area contributed by atoms with E-state index >= 15 is 0 Å². The standard InChI is InChI=1S/C13H22BrN3O2S/c1-13(2,3)20(19)17-11(8-18)10-6-5-9(7-15-4)12(14)16-10/h5-6,11,15,17-18H,7-8H2,1-4H3/t11-,20?/m1/s1. The van der Waals surface area contributed by atoms with Crippen LogP contribution in [0.3, 0.4) is 0 Å². The maximum absolute atomic E-state index is 12.1. The van der Waals surface area contributed by atoms with E-state index < -0.39 is 22.2 Å². The van der Waals surface area contributed by atoms with Gasteiger partial charge in [0, 0.05) is 17.9 Å². The maximum Gasteiger partial charge on any atom is 0.136 e. The third-order valence-electron chi connectivity index (χ3n) is 2.66. The zero-order chi connectivity index (χ0) is 15.3. The fourth-order valence-corrected chi connectivity index (χ4v) is 2.78. The molecule has 114 valence electrons. The lowest BCUT2D eigenvalue weighted by Gasteiger charge is -2.27. The fraction of sp³-hybridized carbons (Fsp3) is 0.615. The van der Waals surface area contributed by atoms with Gasteiger partial charge in [0.1, 0.15) is 15.4 Å². The number of hydrogen-bond donors (Lipinski definition) is 3. The summed E-state index contributed by atoms with van der Waals surface area (Å²) in [6.45, 7) is 6.18. The number of rotatable bonds is 6. The van der Waals surface area contributed by atoms with Crippen LogP contribution in [0.5, 0.6) is 0 Å². The molecule has 0 spiro atoms. The molecule has 0 saturated heterocycles. The summed E-state index contributed by atoms with van der Waals surface area (Å²) in [5, 5.41) is 12.5. The number of aliphatic hydroxyl groups is 1. The van der Waals surface area contributed by atoms with Crippen LogP contribution in [0.15, 0.2) is 16.7 Å². The summed E-state index contributed by atoms with van der Waals surface area (Å²) in [4.78, 5) is 4.42. The van der Waals surface area contributed by atoms with Crippen molar-refractivity contribution >= 4 is 27.3 Å². The molecule has 0 radical (unpaired) electrons. The van der Waals surface area contributed by atoms with Crippen molar-refractivity contribution in [1.82, 2.24) is 15.0 Å². The van der Waals surface area contributed by atoms with Crippen molar-refractivity contribution in [3.63, 3.8) is 0 Å². The quantitative estimate of drug-likeness (QED) is 0.528. The molecule has 0 aliphatic carbocycles. The molecule has 0 fully saturated rings. The van der Waals surface area contributed by atoms with E-state index in [0.717, 1.165) is 10.2 Å². The third kappa shape index (κ3) is 4.98. The second kappa shape index (κ2) is 7.72. The number of aromatic nitrogens is 1. The summed E-state index contributed by atoms with van der Waals surface area (Å²) in [6.07, 6.45) is 0. The molecule has 0 aromatic carbocycles. The Labute approximate surface area is 132 Å². The fourth-order valence-electron chi connectivity index (χ4n) is 1.49. The Morgan fingerprint density at radius 3 is 2.55 bits per heavy atom. The topological polar surface area (TPSA) is 80.2 Å². The summed E-state index contributed by atoms with van der Waals surface area (Å²) in [5.41, 5.74) is 1.70. The molecular formula is C13H22BrN3O2S. The Morgan fingerprint density at radius 2 is 2.10 bits per heavy atom. The van der Waals surface area contributed by atoms with Gasteiger partial charge in [-0.15, -0.1) is 4.72 Å². The predicted octanol–water partition coefficient (Wildman–Crippen LogP) is 1.65. The highest BCUT2D eigenvalue weighted by molar-refractivity contribution is 9.10. The molecule has 1 rings (SSSR count). The largest absolute Gasteiger partial charge is 0.598 e. The average molecular weight is 364 g/mol. The van der Waals surface area contributed by atoms with Crippen molar-refractivity contribution in [3.05, 3.63) is 28.0 Å². The molecule has 7 heteroatoms. The molecular weight excluding hydrogens is 342 g/mol. The van der Waals surface area contributed by atoms with Crippen molar-refractivity contribution in [2.45, 2.75) is 38.1 Å². The van der Waals surface area contributed by atoms with E-state index in [2.05, 4.69) is 31.0 Å². The number of aliphatic hydroxyl groups excluding tert-OH is 1. The van der Waals surface area contributed by atoms with Crippen LogP contribution in [0, 0.1) is 0 Å². The van der Waals surface area contributed by atoms with Crippen LogP contribution in [0.4, 0.5) is 0 Å². The summed E-state index contributed by atoms with van der Waals surface area (Å²) >= 11 is 2.15. The van der Waals surface area contributed by atoms with E-state index in [9.17, 15) is 9.66 Å². The Kier molecular flexibility index (Phi) is 6.90. The minimum atomic E-state index is -1.26. The first-order valence-corrected chi connectivity index (χ1v) is 8.32. The summed E-state index contributed by atoms with van der Waals surface area (Å²) in [7, 11) is 1.87. The third-order valence-corrected chi connectivity index (χ3v) is 4.96. The van der Waals surface area contributed by atoms with E-state index in [4.69, 9.17) is 0 Å². The summed E-state index contributed by atoms with van der Waals surface area (Å²) in [6, 6.07) is 3.33. The van der Waals surface area contributed by atoms with Crippen molar-refractivity contribution in [1.29, 1.82) is 0 Å². The Bertz CT molecular complexity index is 440. The van der Waals surface area contributed by atoms with Gasteiger partial charge in [-0.05, 0) is 55.4 Å². The van der Waals surface area contributed by atoms with Crippen LogP contribution in [-0.2, 0) is 17.9 Å². The molecule has 3 N–H and O–H groups in total. The highest BCUT2D eigenvalue weighted by Crippen LogP contribution is 2.21. The van der Waals surface area contributed by atoms with Gasteiger partial charge in [-0.3, -0.25) is 0 Å². The lowest BCUT2D eigenvalue weighted by molar-refractivity contribution is 0.255. The average Bonchev–Trinajstić information content (AvgIpc) is 2.37. The highest BCUT2D eigenvalue weighted by atomic mass is 79.9. The van der Waals surface area contributed by atoms with Crippen LogP contribution in [-0.4, -0.2) is 33.0 Å². The SMILES string of the molecule is CNCc1ccc([C@@H](CO)N[S+]([O-])C(C)(C)C)nc1Br. The van der Waals surface area contributed by atoms with E-state index in [1.807, 2.05) is 40.0 Å². The molecule has 0 aliphatic rings. The van der Waals surface area contributed by atoms with Gasteiger partial charge in [-0.25, -0.2) is 4.98 Å². The van der Waals surface area contributed by atoms with Gasteiger partial charge in [-0.2, -0.15) is 0 Å². The second-order valence-electron chi connectivity index (χ2n) is 5.45. The molecule has 1 heterocycles. The van der Waals surface area contributed by atoms with Gasteiger partial charge in [0.15, 0.2) is 0 Å². The van der Waals surface area contributed by atoms with E-state index in [-0.39, 0.29) is 6.61 Å². The number of nitrogens with one attached hydrogen (secondary N) is 2. The molecule has 1 aromatic rings. The molecule has 5 nitrogen and oxygen atoms in total. The Morgan fingerprint density at radius 1 is 1.45 bits per heavy atom. The number of nitrogens with zero attached hydrogens (tertiary/aromatic N) is 1. The lowest BCUT2D eigenvalue weighted by Crippen LogP contribution is -2.42. The van der Waals surface area contributed by atoms with Gasteiger partial charge in [-0.1, -0.05) is 6.07 Å². The minimum absolute atomic E-state index is 0.160. The first-order chi connectivity index (χ1) is 9.29. The van der Waals surface area contributed by atoms with Crippen LogP contribution >= 0.6 is 15.9 Å². The van der Waals surface area contributed by atoms with E-state index in [0.29, 0.717) is 12.2 Å². The lowest BCUT2D eigenvalue weighted by atomic mass is 10.2. The zero-order valence-corrected chi connectivity index (χ0v) is 14.6. The number of hydrogen-bond acceptors (Lipinski definition) is 5. The van der Waals surface area contributed by atoms with Crippen molar-refractivity contribution in [2.75, 3.05) is 13.7 Å². The van der Waals surface area contributed by atoms with Crippen molar-refractivity contribution in [2.24, 2.45) is 0 Å². The smallest absolute Gasteiger partial charge is 0.136 e. The van der Waals surface area contributed by atoms with Crippen molar-refractivity contribution in [3.8, 4) is 0 Å². The normalized spacial score (nSPS) is 15.2. The molecule has 0 aliphatic heterocycles. The second-order valence-corrected chi connectivity index (χ2v) is 8.20. The van der Waals surface area contributed by atoms with Crippen LogP contribution < -0.4 is 10.0 Å². The molecule has 2 atom stereocenters. The first-order valence-electron chi connectivity index (χ1n) is 6.38. The Balaban J connectivity index is 2.88. The summed E-state index contributed by atoms with van der Waals surface area (Å²) < 4.78 is 15.4. The summed E-state index contributed by atoms with van der Waals surface area (Å²) in [5.74, 6) is 0.